The molecule has 1 saturated carbocycles. The molecule has 3 N–H and O–H groups in total. The third-order valence-corrected chi connectivity index (χ3v) is 4.01. The number of hydrazine groups is 1. The summed E-state index contributed by atoms with van der Waals surface area (Å²) in [4.78, 5) is 4.39. The molecule has 3 rings (SSSR count). The zero-order valence-electron chi connectivity index (χ0n) is 10.8. The molecule has 0 radical (unpaired) electrons. The van der Waals surface area contributed by atoms with Crippen LogP contribution in [0.3, 0.4) is 0 Å². The largest absolute Gasteiger partial charge is 0.335 e. The van der Waals surface area contributed by atoms with Crippen molar-refractivity contribution in [1.29, 1.82) is 0 Å². The van der Waals surface area contributed by atoms with Gasteiger partial charge in [0.25, 0.3) is 0 Å². The lowest BCUT2D eigenvalue weighted by molar-refractivity contribution is 0.314. The summed E-state index contributed by atoms with van der Waals surface area (Å²) < 4.78 is 5.12. The van der Waals surface area contributed by atoms with Crippen LogP contribution < -0.4 is 11.3 Å². The second-order valence-electron chi connectivity index (χ2n) is 5.08. The number of rotatable bonds is 3. The number of anilines is 1. The molecule has 1 aromatic carbocycles. The maximum Gasteiger partial charge on any atom is 0.335 e. The second-order valence-corrected chi connectivity index (χ2v) is 5.08. The van der Waals surface area contributed by atoms with Gasteiger partial charge in [-0.25, -0.2) is 5.84 Å². The quantitative estimate of drug-likeness (QED) is 0.653. The molecule has 0 bridgehead atoms. The fraction of sp³-hybridized carbons (Fsp3) is 0.429. The number of nitrogens with one attached hydrogen (secondary N) is 1. The van der Waals surface area contributed by atoms with Gasteiger partial charge in [0.2, 0.25) is 0 Å². The molecule has 0 atom stereocenters. The molecule has 2 aromatic rings. The first-order chi connectivity index (χ1) is 9.35. The zero-order valence-corrected chi connectivity index (χ0v) is 10.8. The van der Waals surface area contributed by atoms with Gasteiger partial charge < -0.3 is 4.52 Å². The van der Waals surface area contributed by atoms with Crippen LogP contribution in [0, 0.1) is 0 Å². The highest BCUT2D eigenvalue weighted by Gasteiger charge is 2.39. The van der Waals surface area contributed by atoms with Gasteiger partial charge in [-0.3, -0.25) is 5.43 Å². The minimum absolute atomic E-state index is 0.127. The van der Waals surface area contributed by atoms with Crippen molar-refractivity contribution in [3.8, 4) is 0 Å². The maximum absolute atomic E-state index is 5.33. The Labute approximate surface area is 112 Å². The van der Waals surface area contributed by atoms with Gasteiger partial charge in [-0.15, -0.1) is 0 Å². The van der Waals surface area contributed by atoms with E-state index in [2.05, 4.69) is 39.8 Å². The topological polar surface area (TPSA) is 77.0 Å². The molecule has 1 aromatic heterocycles. The minimum atomic E-state index is -0.127. The maximum atomic E-state index is 5.33. The molecule has 1 fully saturated rings. The van der Waals surface area contributed by atoms with E-state index >= 15 is 0 Å². The normalized spacial score (nSPS) is 18.2. The van der Waals surface area contributed by atoms with Crippen LogP contribution >= 0.6 is 0 Å². The SMILES string of the molecule is NNc1nc(C2(c3ccccc3)CCCCC2)no1. The highest BCUT2D eigenvalue weighted by molar-refractivity contribution is 5.34. The molecule has 0 amide bonds. The number of nitrogens with zero attached hydrogens (tertiary/aromatic N) is 2. The average Bonchev–Trinajstić information content (AvgIpc) is 2.98. The van der Waals surface area contributed by atoms with E-state index in [1.807, 2.05) is 6.07 Å². The third kappa shape index (κ3) is 2.10. The summed E-state index contributed by atoms with van der Waals surface area (Å²) in [6, 6.07) is 10.7. The summed E-state index contributed by atoms with van der Waals surface area (Å²) in [5, 5.41) is 4.13. The number of nitrogen functional groups attached to an aromatic ring is 1. The highest BCUT2D eigenvalue weighted by Crippen LogP contribution is 2.43. The van der Waals surface area contributed by atoms with Crippen molar-refractivity contribution in [2.24, 2.45) is 5.84 Å². The predicted molar refractivity (Wildman–Crippen MR) is 72.4 cm³/mol. The van der Waals surface area contributed by atoms with Crippen molar-refractivity contribution >= 4 is 6.01 Å². The van der Waals surface area contributed by atoms with Gasteiger partial charge in [-0.2, -0.15) is 4.98 Å². The van der Waals surface area contributed by atoms with Crippen LogP contribution in [0.1, 0.15) is 43.5 Å². The fourth-order valence-corrected chi connectivity index (χ4v) is 3.03. The first-order valence-electron chi connectivity index (χ1n) is 6.71. The van der Waals surface area contributed by atoms with Crippen LogP contribution in [0.2, 0.25) is 0 Å². The summed E-state index contributed by atoms with van der Waals surface area (Å²) in [6.45, 7) is 0. The smallest absolute Gasteiger partial charge is 0.314 e. The molecule has 0 spiro atoms. The summed E-state index contributed by atoms with van der Waals surface area (Å²) in [5.74, 6) is 6.07. The Bertz CT molecular complexity index is 531. The number of hydrogen-bond donors (Lipinski definition) is 2. The number of hydrogen-bond acceptors (Lipinski definition) is 5. The van der Waals surface area contributed by atoms with Crippen molar-refractivity contribution < 1.29 is 4.52 Å². The van der Waals surface area contributed by atoms with E-state index < -0.39 is 0 Å². The second kappa shape index (κ2) is 5.01. The van der Waals surface area contributed by atoms with Gasteiger partial charge in [-0.05, 0) is 18.4 Å². The molecule has 5 nitrogen and oxygen atoms in total. The Morgan fingerprint density at radius 2 is 1.84 bits per heavy atom. The summed E-state index contributed by atoms with van der Waals surface area (Å²) in [6.07, 6.45) is 5.76. The Morgan fingerprint density at radius 1 is 1.11 bits per heavy atom. The number of aromatic nitrogens is 2. The van der Waals surface area contributed by atoms with Crippen LogP contribution in [0.25, 0.3) is 0 Å². The Hall–Kier alpha value is -1.88. The van der Waals surface area contributed by atoms with Crippen molar-refractivity contribution in [1.82, 2.24) is 10.1 Å². The molecule has 0 aliphatic heterocycles. The number of benzene rings is 1. The molecule has 0 saturated heterocycles. The molecular weight excluding hydrogens is 240 g/mol. The van der Waals surface area contributed by atoms with Crippen molar-refractivity contribution in [3.63, 3.8) is 0 Å². The fourth-order valence-electron chi connectivity index (χ4n) is 3.03. The molecule has 1 aliphatic carbocycles. The Kier molecular flexibility index (Phi) is 3.21. The third-order valence-electron chi connectivity index (χ3n) is 4.01. The lowest BCUT2D eigenvalue weighted by Gasteiger charge is -2.34. The molecule has 1 heterocycles. The Morgan fingerprint density at radius 3 is 2.47 bits per heavy atom. The predicted octanol–water partition coefficient (Wildman–Crippen LogP) is 2.61. The van der Waals surface area contributed by atoms with E-state index in [-0.39, 0.29) is 11.4 Å². The first-order valence-corrected chi connectivity index (χ1v) is 6.71. The summed E-state index contributed by atoms with van der Waals surface area (Å²) in [5.41, 5.74) is 3.55. The summed E-state index contributed by atoms with van der Waals surface area (Å²) >= 11 is 0. The number of nitrogens with two attached hydrogens (primary N) is 1. The van der Waals surface area contributed by atoms with Crippen LogP contribution in [0.4, 0.5) is 6.01 Å². The van der Waals surface area contributed by atoms with E-state index in [0.717, 1.165) is 18.7 Å². The molecule has 1 aliphatic rings. The van der Waals surface area contributed by atoms with Gasteiger partial charge in [-0.1, -0.05) is 54.8 Å². The zero-order chi connectivity index (χ0) is 13.1. The van der Waals surface area contributed by atoms with Crippen molar-refractivity contribution in [2.75, 3.05) is 5.43 Å². The van der Waals surface area contributed by atoms with E-state index in [1.165, 1.54) is 24.8 Å². The van der Waals surface area contributed by atoms with Crippen LogP contribution in [0.5, 0.6) is 0 Å². The van der Waals surface area contributed by atoms with E-state index in [1.54, 1.807) is 0 Å². The average molecular weight is 258 g/mol. The Balaban J connectivity index is 2.06. The van der Waals surface area contributed by atoms with Crippen LogP contribution in [0.15, 0.2) is 34.9 Å². The van der Waals surface area contributed by atoms with E-state index in [4.69, 9.17) is 10.4 Å². The van der Waals surface area contributed by atoms with Crippen molar-refractivity contribution in [2.45, 2.75) is 37.5 Å². The van der Waals surface area contributed by atoms with Gasteiger partial charge in [0.15, 0.2) is 5.82 Å². The minimum Gasteiger partial charge on any atom is -0.314 e. The lowest BCUT2D eigenvalue weighted by atomic mass is 9.69. The van der Waals surface area contributed by atoms with E-state index in [9.17, 15) is 0 Å². The van der Waals surface area contributed by atoms with Crippen LogP contribution in [-0.4, -0.2) is 10.1 Å². The molecule has 0 unspecified atom stereocenters. The molecule has 100 valence electrons. The standard InChI is InChI=1S/C14H18N4O/c15-17-13-16-12(18-19-13)14(9-5-2-6-10-14)11-7-3-1-4-8-11/h1,3-4,7-8H,2,5-6,9-10,15H2,(H,16,17,18). The van der Waals surface area contributed by atoms with Gasteiger partial charge in [0.05, 0.1) is 5.41 Å². The monoisotopic (exact) mass is 258 g/mol. The van der Waals surface area contributed by atoms with Crippen molar-refractivity contribution in [3.05, 3.63) is 41.7 Å². The molecule has 5 heteroatoms. The first kappa shape index (κ1) is 12.2. The molecule has 19 heavy (non-hydrogen) atoms. The summed E-state index contributed by atoms with van der Waals surface area (Å²) in [7, 11) is 0. The van der Waals surface area contributed by atoms with Crippen LogP contribution in [-0.2, 0) is 5.41 Å². The van der Waals surface area contributed by atoms with Gasteiger partial charge >= 0.3 is 6.01 Å². The van der Waals surface area contributed by atoms with Gasteiger partial charge in [0, 0.05) is 0 Å². The highest BCUT2D eigenvalue weighted by atomic mass is 16.5. The van der Waals surface area contributed by atoms with Gasteiger partial charge in [0.1, 0.15) is 0 Å². The lowest BCUT2D eigenvalue weighted by Crippen LogP contribution is -2.31. The molecular formula is C14H18N4O. The van der Waals surface area contributed by atoms with E-state index in [0.29, 0.717) is 0 Å².